The van der Waals surface area contributed by atoms with E-state index < -0.39 is 18.0 Å². The molecule has 8 heteroatoms. The first kappa shape index (κ1) is 21.9. The molecule has 1 atom stereocenters. The second-order valence-corrected chi connectivity index (χ2v) is 6.86. The Bertz CT molecular complexity index is 1130. The maximum atomic E-state index is 12.1. The molecule has 0 fully saturated rings. The van der Waals surface area contributed by atoms with Crippen LogP contribution in [0.15, 0.2) is 46.9 Å². The highest BCUT2D eigenvalue weighted by molar-refractivity contribution is 5.94. The molecule has 31 heavy (non-hydrogen) atoms. The predicted octanol–water partition coefficient (Wildman–Crippen LogP) is 3.12. The maximum Gasteiger partial charge on any atom is 0.373 e. The van der Waals surface area contributed by atoms with Crippen molar-refractivity contribution in [2.24, 2.45) is 0 Å². The van der Waals surface area contributed by atoms with Crippen molar-refractivity contribution < 1.29 is 33.0 Å². The lowest BCUT2D eigenvalue weighted by Gasteiger charge is -2.18. The van der Waals surface area contributed by atoms with Crippen molar-refractivity contribution in [2.45, 2.75) is 19.4 Å². The number of carbonyl (C=O) groups is 3. The summed E-state index contributed by atoms with van der Waals surface area (Å²) in [4.78, 5) is 35.3. The highest BCUT2D eigenvalue weighted by Gasteiger charge is 2.23. The van der Waals surface area contributed by atoms with Crippen molar-refractivity contribution in [1.29, 1.82) is 0 Å². The van der Waals surface area contributed by atoms with E-state index in [4.69, 9.17) is 18.6 Å². The third-order valence-corrected chi connectivity index (χ3v) is 4.80. The summed E-state index contributed by atoms with van der Waals surface area (Å²) in [6, 6.07) is 11.9. The summed E-state index contributed by atoms with van der Waals surface area (Å²) >= 11 is 0. The number of furan rings is 1. The number of benzene rings is 2. The van der Waals surface area contributed by atoms with Gasteiger partial charge in [0.2, 0.25) is 11.7 Å². The fraction of sp³-hybridized carbons (Fsp3) is 0.261. The van der Waals surface area contributed by atoms with Crippen LogP contribution in [0.4, 0.5) is 0 Å². The quantitative estimate of drug-likeness (QED) is 0.580. The van der Waals surface area contributed by atoms with Gasteiger partial charge in [-0.3, -0.25) is 4.79 Å². The molecule has 0 saturated carbocycles. The van der Waals surface area contributed by atoms with Gasteiger partial charge in [0.1, 0.15) is 17.4 Å². The minimum absolute atomic E-state index is 0.126. The van der Waals surface area contributed by atoms with Crippen LogP contribution >= 0.6 is 0 Å². The second kappa shape index (κ2) is 9.34. The van der Waals surface area contributed by atoms with Crippen LogP contribution in [0.25, 0.3) is 22.1 Å². The van der Waals surface area contributed by atoms with E-state index >= 15 is 0 Å². The zero-order valence-electron chi connectivity index (χ0n) is 17.7. The number of amides is 1. The number of fused-ring (bicyclic) bond motifs is 1. The molecule has 1 amide bonds. The van der Waals surface area contributed by atoms with Crippen LogP contribution in [-0.2, 0) is 25.5 Å². The summed E-state index contributed by atoms with van der Waals surface area (Å²) in [5.41, 5.74) is 3.04. The first-order chi connectivity index (χ1) is 14.9. The Morgan fingerprint density at radius 2 is 1.68 bits per heavy atom. The van der Waals surface area contributed by atoms with E-state index in [0.717, 1.165) is 22.1 Å². The lowest BCUT2D eigenvalue weighted by molar-refractivity contribution is -0.144. The highest BCUT2D eigenvalue weighted by atomic mass is 16.5. The molecule has 1 N–H and O–H groups in total. The average Bonchev–Trinajstić information content (AvgIpc) is 3.20. The van der Waals surface area contributed by atoms with Crippen LogP contribution in [0.5, 0.6) is 5.75 Å². The number of rotatable bonds is 7. The smallest absolute Gasteiger partial charge is 0.373 e. The van der Waals surface area contributed by atoms with Crippen LogP contribution in [-0.4, -0.2) is 45.2 Å². The van der Waals surface area contributed by atoms with E-state index in [-0.39, 0.29) is 18.1 Å². The molecule has 3 rings (SSSR count). The number of hydrogen-bond donors (Lipinski definition) is 1. The summed E-state index contributed by atoms with van der Waals surface area (Å²) in [6.07, 6.45) is 0.198. The van der Waals surface area contributed by atoms with Crippen molar-refractivity contribution in [3.05, 3.63) is 53.8 Å². The fourth-order valence-corrected chi connectivity index (χ4v) is 3.34. The Balaban J connectivity index is 1.98. The summed E-state index contributed by atoms with van der Waals surface area (Å²) in [7, 11) is 4.10. The average molecular weight is 425 g/mol. The molecular weight excluding hydrogens is 402 g/mol. The first-order valence-corrected chi connectivity index (χ1v) is 9.50. The SMILES string of the molecule is COC(=O)c1cc2cc(-c3ccc(OC)c(CC(NC(C)=O)C(=O)OC)c3)ccc2o1. The number of nitrogens with one attached hydrogen (secondary N) is 1. The van der Waals surface area contributed by atoms with Crippen molar-refractivity contribution in [1.82, 2.24) is 5.32 Å². The molecule has 0 aliphatic rings. The van der Waals surface area contributed by atoms with Crippen molar-refractivity contribution in [3.63, 3.8) is 0 Å². The second-order valence-electron chi connectivity index (χ2n) is 6.86. The number of ether oxygens (including phenoxy) is 3. The van der Waals surface area contributed by atoms with Crippen LogP contribution in [0.2, 0.25) is 0 Å². The third-order valence-electron chi connectivity index (χ3n) is 4.80. The van der Waals surface area contributed by atoms with E-state index in [1.54, 1.807) is 18.2 Å². The molecule has 0 spiro atoms. The molecule has 1 aromatic heterocycles. The molecule has 0 aliphatic heterocycles. The van der Waals surface area contributed by atoms with E-state index in [9.17, 15) is 14.4 Å². The highest BCUT2D eigenvalue weighted by Crippen LogP contribution is 2.31. The summed E-state index contributed by atoms with van der Waals surface area (Å²) < 4.78 is 20.5. The Morgan fingerprint density at radius 3 is 2.32 bits per heavy atom. The van der Waals surface area contributed by atoms with Crippen LogP contribution in [0, 0.1) is 0 Å². The molecule has 0 bridgehead atoms. The fourth-order valence-electron chi connectivity index (χ4n) is 3.34. The van der Waals surface area contributed by atoms with Crippen LogP contribution in [0.1, 0.15) is 23.0 Å². The van der Waals surface area contributed by atoms with Gasteiger partial charge in [-0.15, -0.1) is 0 Å². The van der Waals surface area contributed by atoms with Gasteiger partial charge in [-0.1, -0.05) is 12.1 Å². The van der Waals surface area contributed by atoms with Gasteiger partial charge in [-0.25, -0.2) is 9.59 Å². The number of methoxy groups -OCH3 is 3. The standard InChI is InChI=1S/C23H23NO7/c1-13(25)24-18(22(26)29-3)11-16-9-14(5-7-19(16)28-2)15-6-8-20-17(10-15)12-21(31-20)23(27)30-4/h5-10,12,18H,11H2,1-4H3,(H,24,25). The first-order valence-electron chi connectivity index (χ1n) is 9.50. The molecule has 8 nitrogen and oxygen atoms in total. The van der Waals surface area contributed by atoms with E-state index in [1.165, 1.54) is 28.3 Å². The largest absolute Gasteiger partial charge is 0.496 e. The van der Waals surface area contributed by atoms with Crippen molar-refractivity contribution >= 4 is 28.8 Å². The lowest BCUT2D eigenvalue weighted by atomic mass is 9.97. The van der Waals surface area contributed by atoms with E-state index in [0.29, 0.717) is 11.3 Å². The molecular formula is C23H23NO7. The van der Waals surface area contributed by atoms with Crippen molar-refractivity contribution in [3.8, 4) is 16.9 Å². The Hall–Kier alpha value is -3.81. The summed E-state index contributed by atoms with van der Waals surface area (Å²) in [5.74, 6) is -0.715. The topological polar surface area (TPSA) is 104 Å². The zero-order chi connectivity index (χ0) is 22.5. The van der Waals surface area contributed by atoms with E-state index in [1.807, 2.05) is 24.3 Å². The predicted molar refractivity (Wildman–Crippen MR) is 113 cm³/mol. The molecule has 0 aliphatic carbocycles. The Kier molecular flexibility index (Phi) is 6.59. The zero-order valence-corrected chi connectivity index (χ0v) is 17.7. The Morgan fingerprint density at radius 1 is 0.968 bits per heavy atom. The van der Waals surface area contributed by atoms with Gasteiger partial charge in [-0.05, 0) is 47.0 Å². The maximum absolute atomic E-state index is 12.1. The van der Waals surface area contributed by atoms with Gasteiger partial charge in [0, 0.05) is 18.7 Å². The lowest BCUT2D eigenvalue weighted by Crippen LogP contribution is -2.42. The van der Waals surface area contributed by atoms with Gasteiger partial charge in [0.05, 0.1) is 21.3 Å². The Labute approximate surface area is 179 Å². The number of hydrogen-bond acceptors (Lipinski definition) is 7. The van der Waals surface area contributed by atoms with Crippen LogP contribution in [0.3, 0.4) is 0 Å². The molecule has 1 heterocycles. The number of carbonyl (C=O) groups excluding carboxylic acids is 3. The molecule has 3 aromatic rings. The number of esters is 2. The van der Waals surface area contributed by atoms with Gasteiger partial charge >= 0.3 is 11.9 Å². The van der Waals surface area contributed by atoms with Crippen LogP contribution < -0.4 is 10.1 Å². The summed E-state index contributed by atoms with van der Waals surface area (Å²) in [6.45, 7) is 1.34. The molecule has 1 unspecified atom stereocenters. The summed E-state index contributed by atoms with van der Waals surface area (Å²) in [5, 5.41) is 3.36. The minimum Gasteiger partial charge on any atom is -0.496 e. The van der Waals surface area contributed by atoms with E-state index in [2.05, 4.69) is 5.32 Å². The molecule has 162 valence electrons. The van der Waals surface area contributed by atoms with Crippen molar-refractivity contribution in [2.75, 3.05) is 21.3 Å². The van der Waals surface area contributed by atoms with Gasteiger partial charge < -0.3 is 23.9 Å². The monoisotopic (exact) mass is 425 g/mol. The molecule has 0 saturated heterocycles. The molecule has 0 radical (unpaired) electrons. The minimum atomic E-state index is -0.842. The molecule has 2 aromatic carbocycles. The third kappa shape index (κ3) is 4.85. The van der Waals surface area contributed by atoms with Gasteiger partial charge in [-0.2, -0.15) is 0 Å². The van der Waals surface area contributed by atoms with Gasteiger partial charge in [0.15, 0.2) is 0 Å². The van der Waals surface area contributed by atoms with Gasteiger partial charge in [0.25, 0.3) is 0 Å². The normalized spacial score (nSPS) is 11.6.